The van der Waals surface area contributed by atoms with Gasteiger partial charge < -0.3 is 3.79 Å². The molecule has 0 N–H and O–H groups in total. The van der Waals surface area contributed by atoms with Gasteiger partial charge in [0.1, 0.15) is 0 Å². The van der Waals surface area contributed by atoms with Crippen LogP contribution in [0.4, 0.5) is 0 Å². The lowest BCUT2D eigenvalue weighted by Gasteiger charge is -2.24. The summed E-state index contributed by atoms with van der Waals surface area (Å²) >= 11 is 0.427. The van der Waals surface area contributed by atoms with E-state index in [-0.39, 0.29) is 0 Å². The minimum atomic E-state index is 0.427. The molecule has 0 bridgehead atoms. The summed E-state index contributed by atoms with van der Waals surface area (Å²) in [6.45, 7) is 2.17. The average Bonchev–Trinajstić information content (AvgIpc) is 1.31. The summed E-state index contributed by atoms with van der Waals surface area (Å²) in [4.78, 5) is 0. The molecule has 1 rings (SSSR count). The molecule has 1 nitrogen and oxygen atoms in total. The second-order valence-electron chi connectivity index (χ2n) is 1.57. The van der Waals surface area contributed by atoms with Crippen LogP contribution in [-0.2, 0) is 3.79 Å². The Balaban J connectivity index is 2.01. The minimum Gasteiger partial charge on any atom is -0.505 e. The summed E-state index contributed by atoms with van der Waals surface area (Å²) in [6, 6.07) is 0. The Morgan fingerprint density at radius 2 is 2.67 bits per heavy atom. The summed E-state index contributed by atoms with van der Waals surface area (Å²) < 4.78 is 5.16. The van der Waals surface area contributed by atoms with Crippen LogP contribution in [-0.4, -0.2) is 21.7 Å². The fourth-order valence-electron chi connectivity index (χ4n) is 0.495. The van der Waals surface area contributed by atoms with Crippen molar-refractivity contribution in [3.63, 3.8) is 0 Å². The standard InChI is InChI=1S/C4H8O.Al/c1-3-4(2)5;/h4H,2-3H2,1H3;/q-1;+1. The van der Waals surface area contributed by atoms with E-state index in [0.717, 1.165) is 0 Å². The quantitative estimate of drug-likeness (QED) is 0.442. The van der Waals surface area contributed by atoms with Gasteiger partial charge in [-0.1, -0.05) is 12.2 Å². The maximum atomic E-state index is 5.16. The van der Waals surface area contributed by atoms with E-state index in [0.29, 0.717) is 21.7 Å². The van der Waals surface area contributed by atoms with E-state index in [1.165, 1.54) is 11.7 Å². The molecular formula is C4H8AlO. The van der Waals surface area contributed by atoms with Gasteiger partial charge in [0, 0.05) is 6.10 Å². The molecule has 0 aromatic rings. The van der Waals surface area contributed by atoms with Gasteiger partial charge in [0.05, 0.1) is 0 Å². The predicted molar refractivity (Wildman–Crippen MR) is 25.7 cm³/mol. The molecule has 6 heavy (non-hydrogen) atoms. The van der Waals surface area contributed by atoms with E-state index in [2.05, 4.69) is 6.92 Å². The molecule has 1 fully saturated rings. The maximum absolute atomic E-state index is 5.16. The van der Waals surface area contributed by atoms with Gasteiger partial charge in [-0.2, -0.15) is 0 Å². The average molecular weight is 99.1 g/mol. The molecule has 2 heteroatoms. The fraction of sp³-hybridized carbons (Fsp3) is 1.00. The Morgan fingerprint density at radius 3 is 2.67 bits per heavy atom. The van der Waals surface area contributed by atoms with Crippen molar-refractivity contribution in [2.45, 2.75) is 24.7 Å². The largest absolute Gasteiger partial charge is 0.505 e. The first-order valence-electron chi connectivity index (χ1n) is 2.40. The first-order chi connectivity index (χ1) is 2.93. The molecule has 1 heterocycles. The van der Waals surface area contributed by atoms with Gasteiger partial charge in [0.25, 0.3) is 0 Å². The normalized spacial score (nSPS) is 31.2. The van der Waals surface area contributed by atoms with Gasteiger partial charge in [-0.3, -0.25) is 0 Å². The van der Waals surface area contributed by atoms with Gasteiger partial charge in [-0.05, 0) is 6.42 Å². The highest BCUT2D eigenvalue weighted by Crippen LogP contribution is 2.11. The van der Waals surface area contributed by atoms with Gasteiger partial charge in [-0.25, -0.2) is 0 Å². The van der Waals surface area contributed by atoms with Crippen LogP contribution >= 0.6 is 0 Å². The van der Waals surface area contributed by atoms with Crippen molar-refractivity contribution in [3.8, 4) is 0 Å². The third-order valence-electron chi connectivity index (χ3n) is 1.10. The van der Waals surface area contributed by atoms with Crippen molar-refractivity contribution in [2.75, 3.05) is 0 Å². The lowest BCUT2D eigenvalue weighted by atomic mass is 10.3. The molecule has 0 aliphatic carbocycles. The summed E-state index contributed by atoms with van der Waals surface area (Å²) in [5, 5.41) is 1.37. The van der Waals surface area contributed by atoms with E-state index in [9.17, 15) is 0 Å². The summed E-state index contributed by atoms with van der Waals surface area (Å²) in [6.07, 6.45) is 1.87. The molecule has 1 unspecified atom stereocenters. The molecule has 1 saturated heterocycles. The molecule has 1 aliphatic heterocycles. The smallest absolute Gasteiger partial charge is 0.426 e. The molecular weight excluding hydrogens is 91.0 g/mol. The number of hydrogen-bond donors (Lipinski definition) is 0. The monoisotopic (exact) mass is 99.0 g/mol. The lowest BCUT2D eigenvalue weighted by molar-refractivity contribution is 0.172. The van der Waals surface area contributed by atoms with Crippen molar-refractivity contribution in [2.24, 2.45) is 0 Å². The Morgan fingerprint density at radius 1 is 2.00 bits per heavy atom. The summed E-state index contributed by atoms with van der Waals surface area (Å²) in [7, 11) is 0. The highest BCUT2D eigenvalue weighted by atomic mass is 27.1. The SMILES string of the molecule is CCC1[CH2][Al][O]1. The van der Waals surface area contributed by atoms with E-state index in [1.54, 1.807) is 0 Å². The van der Waals surface area contributed by atoms with Gasteiger partial charge >= 0.3 is 15.6 Å². The van der Waals surface area contributed by atoms with Crippen LogP contribution in [0.5, 0.6) is 0 Å². The van der Waals surface area contributed by atoms with Crippen LogP contribution < -0.4 is 0 Å². The minimum absolute atomic E-state index is 0.427. The fourth-order valence-corrected chi connectivity index (χ4v) is 1.49. The van der Waals surface area contributed by atoms with E-state index >= 15 is 0 Å². The van der Waals surface area contributed by atoms with Crippen molar-refractivity contribution in [1.29, 1.82) is 0 Å². The van der Waals surface area contributed by atoms with Crippen LogP contribution in [0, 0.1) is 0 Å². The molecule has 0 spiro atoms. The molecule has 1 atom stereocenters. The van der Waals surface area contributed by atoms with Crippen LogP contribution in [0.2, 0.25) is 5.28 Å². The highest BCUT2D eigenvalue weighted by Gasteiger charge is 2.17. The van der Waals surface area contributed by atoms with Crippen molar-refractivity contribution in [3.05, 3.63) is 0 Å². The maximum Gasteiger partial charge on any atom is 0.426 e. The number of rotatable bonds is 1. The van der Waals surface area contributed by atoms with Gasteiger partial charge in [0.15, 0.2) is 0 Å². The van der Waals surface area contributed by atoms with E-state index in [4.69, 9.17) is 3.79 Å². The third-order valence-corrected chi connectivity index (χ3v) is 2.40. The Kier molecular flexibility index (Phi) is 1.53. The highest BCUT2D eigenvalue weighted by molar-refractivity contribution is 6.30. The third kappa shape index (κ3) is 0.760. The van der Waals surface area contributed by atoms with Crippen LogP contribution in [0.15, 0.2) is 0 Å². The van der Waals surface area contributed by atoms with Crippen LogP contribution in [0.1, 0.15) is 13.3 Å². The molecule has 0 saturated carbocycles. The first kappa shape index (κ1) is 4.65. The zero-order valence-corrected chi connectivity index (χ0v) is 5.13. The predicted octanol–water partition coefficient (Wildman–Crippen LogP) is 0.833. The zero-order chi connectivity index (χ0) is 4.41. The van der Waals surface area contributed by atoms with E-state index < -0.39 is 0 Å². The van der Waals surface area contributed by atoms with Crippen molar-refractivity contribution in [1.82, 2.24) is 0 Å². The lowest BCUT2D eigenvalue weighted by Crippen LogP contribution is -2.27. The van der Waals surface area contributed by atoms with Gasteiger partial charge in [0.2, 0.25) is 0 Å². The molecule has 0 aromatic carbocycles. The van der Waals surface area contributed by atoms with Gasteiger partial charge in [-0.15, -0.1) is 0 Å². The van der Waals surface area contributed by atoms with Crippen LogP contribution in [0.3, 0.4) is 0 Å². The van der Waals surface area contributed by atoms with Crippen LogP contribution in [0.25, 0.3) is 0 Å². The topological polar surface area (TPSA) is 9.23 Å². The molecule has 1 radical (unpaired) electrons. The molecule has 0 amide bonds. The number of hydrogen-bond acceptors (Lipinski definition) is 1. The van der Waals surface area contributed by atoms with Crippen molar-refractivity contribution < 1.29 is 3.79 Å². The van der Waals surface area contributed by atoms with Crippen molar-refractivity contribution >= 4 is 15.6 Å². The zero-order valence-electron chi connectivity index (χ0n) is 3.98. The second kappa shape index (κ2) is 1.97. The summed E-state index contributed by atoms with van der Waals surface area (Å²) in [5.74, 6) is 0. The Labute approximate surface area is 44.7 Å². The molecule has 0 aromatic heterocycles. The second-order valence-corrected chi connectivity index (χ2v) is 2.65. The molecule has 1 aliphatic rings. The summed E-state index contributed by atoms with van der Waals surface area (Å²) in [5.41, 5.74) is 0. The Bertz CT molecular complexity index is 40.1. The molecule has 33 valence electrons. The first-order valence-corrected chi connectivity index (χ1v) is 3.69. The van der Waals surface area contributed by atoms with E-state index in [1.807, 2.05) is 0 Å². The Hall–Kier alpha value is 0.492.